The number of aromatic nitrogens is 4. The predicted molar refractivity (Wildman–Crippen MR) is 115 cm³/mol. The molecule has 1 atom stereocenters. The van der Waals surface area contributed by atoms with Gasteiger partial charge in [-0.3, -0.25) is 14.3 Å². The number of Topliss-reactive ketones (excluding diaryl/α,β-unsaturated/α-hetero) is 1. The molecule has 30 heavy (non-hydrogen) atoms. The fourth-order valence-corrected chi connectivity index (χ4v) is 3.99. The summed E-state index contributed by atoms with van der Waals surface area (Å²) in [5, 5.41) is 8.99. The van der Waals surface area contributed by atoms with E-state index in [1.165, 1.54) is 36.0 Å². The Kier molecular flexibility index (Phi) is 5.99. The Labute approximate surface area is 178 Å². The summed E-state index contributed by atoms with van der Waals surface area (Å²) in [6.07, 6.45) is 3.43. The minimum atomic E-state index is -0.403. The number of thioether (sulfide) groups is 1. The molecule has 7 heteroatoms. The average Bonchev–Trinajstić information content (AvgIpc) is 3.17. The zero-order chi connectivity index (χ0) is 20.9. The number of benzene rings is 2. The Morgan fingerprint density at radius 1 is 1.00 bits per heavy atom. The van der Waals surface area contributed by atoms with Crippen molar-refractivity contribution in [2.45, 2.75) is 23.9 Å². The quantitative estimate of drug-likeness (QED) is 0.316. The maximum Gasteiger partial charge on any atom is 0.192 e. The molecule has 0 aliphatic rings. The van der Waals surface area contributed by atoms with E-state index in [-0.39, 0.29) is 11.6 Å². The first-order valence-corrected chi connectivity index (χ1v) is 10.3. The number of hydrogen-bond acceptors (Lipinski definition) is 5. The van der Waals surface area contributed by atoms with E-state index in [1.54, 1.807) is 12.4 Å². The number of hydrogen-bond donors (Lipinski definition) is 0. The van der Waals surface area contributed by atoms with Gasteiger partial charge in [0.25, 0.3) is 0 Å². The van der Waals surface area contributed by atoms with E-state index < -0.39 is 5.25 Å². The highest BCUT2D eigenvalue weighted by atomic mass is 32.2. The van der Waals surface area contributed by atoms with E-state index in [0.717, 1.165) is 11.1 Å². The van der Waals surface area contributed by atoms with Crippen LogP contribution in [-0.2, 0) is 6.54 Å². The smallest absolute Gasteiger partial charge is 0.192 e. The number of rotatable bonds is 7. The van der Waals surface area contributed by atoms with Crippen LogP contribution in [0.4, 0.5) is 4.39 Å². The van der Waals surface area contributed by atoms with Gasteiger partial charge in [-0.05, 0) is 48.9 Å². The third-order valence-corrected chi connectivity index (χ3v) is 5.70. The Balaban J connectivity index is 1.64. The van der Waals surface area contributed by atoms with Gasteiger partial charge in [-0.1, -0.05) is 42.1 Å². The van der Waals surface area contributed by atoms with Gasteiger partial charge in [-0.25, -0.2) is 4.39 Å². The van der Waals surface area contributed by atoms with Crippen molar-refractivity contribution in [1.29, 1.82) is 0 Å². The van der Waals surface area contributed by atoms with Crippen LogP contribution >= 0.6 is 11.8 Å². The predicted octanol–water partition coefficient (Wildman–Crippen LogP) is 4.89. The lowest BCUT2D eigenvalue weighted by atomic mass is 10.1. The standard InChI is InChI=1S/C23H19FN4OS/c1-16(21(29)18-7-9-20(24)10-8-18)30-23-27-26-22(19-11-13-25-14-12-19)28(23)15-17-5-3-2-4-6-17/h2-14,16H,15H2,1H3/t16-/m1/s1. The first-order chi connectivity index (χ1) is 14.6. The molecule has 4 aromatic rings. The van der Waals surface area contributed by atoms with Gasteiger partial charge in [0.1, 0.15) is 5.82 Å². The fraction of sp³-hybridized carbons (Fsp3) is 0.130. The second-order valence-corrected chi connectivity index (χ2v) is 8.05. The summed E-state index contributed by atoms with van der Waals surface area (Å²) in [6.45, 7) is 2.40. The molecule has 150 valence electrons. The van der Waals surface area contributed by atoms with Crippen molar-refractivity contribution >= 4 is 17.5 Å². The molecular weight excluding hydrogens is 399 g/mol. The first kappa shape index (κ1) is 20.0. The highest BCUT2D eigenvalue weighted by Gasteiger charge is 2.22. The SMILES string of the molecule is C[C@@H](Sc1nnc(-c2ccncc2)n1Cc1ccccc1)C(=O)c1ccc(F)cc1. The zero-order valence-corrected chi connectivity index (χ0v) is 17.1. The molecule has 0 aliphatic heterocycles. The molecule has 0 saturated heterocycles. The van der Waals surface area contributed by atoms with Crippen molar-refractivity contribution in [3.63, 3.8) is 0 Å². The maximum absolute atomic E-state index is 13.2. The molecule has 0 N–H and O–H groups in total. The lowest BCUT2D eigenvalue weighted by molar-refractivity contribution is 0.0994. The lowest BCUT2D eigenvalue weighted by Gasteiger charge is -2.13. The van der Waals surface area contributed by atoms with Crippen molar-refractivity contribution in [3.8, 4) is 11.4 Å². The molecule has 4 rings (SSSR count). The van der Waals surface area contributed by atoms with Crippen LogP contribution in [0.25, 0.3) is 11.4 Å². The molecular formula is C23H19FN4OS. The molecule has 5 nitrogen and oxygen atoms in total. The van der Waals surface area contributed by atoms with E-state index in [1.807, 2.05) is 54.0 Å². The number of carbonyl (C=O) groups excluding carboxylic acids is 1. The van der Waals surface area contributed by atoms with E-state index in [0.29, 0.717) is 23.1 Å². The molecule has 0 saturated carbocycles. The molecule has 0 unspecified atom stereocenters. The largest absolute Gasteiger partial charge is 0.298 e. The van der Waals surface area contributed by atoms with Crippen molar-refractivity contribution in [1.82, 2.24) is 19.7 Å². The first-order valence-electron chi connectivity index (χ1n) is 9.46. The third kappa shape index (κ3) is 4.46. The van der Waals surface area contributed by atoms with Crippen LogP contribution in [0.1, 0.15) is 22.8 Å². The summed E-state index contributed by atoms with van der Waals surface area (Å²) in [4.78, 5) is 16.9. The van der Waals surface area contributed by atoms with E-state index in [9.17, 15) is 9.18 Å². The van der Waals surface area contributed by atoms with Crippen LogP contribution in [0, 0.1) is 5.82 Å². The summed E-state index contributed by atoms with van der Waals surface area (Å²) in [6, 6.07) is 19.4. The summed E-state index contributed by atoms with van der Waals surface area (Å²) >= 11 is 1.34. The van der Waals surface area contributed by atoms with E-state index in [2.05, 4.69) is 15.2 Å². The second kappa shape index (κ2) is 9.00. The molecule has 0 fully saturated rings. The Hall–Kier alpha value is -3.32. The van der Waals surface area contributed by atoms with Crippen LogP contribution in [0.5, 0.6) is 0 Å². The maximum atomic E-state index is 13.2. The summed E-state index contributed by atoms with van der Waals surface area (Å²) in [7, 11) is 0. The Morgan fingerprint density at radius 2 is 1.70 bits per heavy atom. The summed E-state index contributed by atoms with van der Waals surface area (Å²) in [5.74, 6) is 0.265. The monoisotopic (exact) mass is 418 g/mol. The zero-order valence-electron chi connectivity index (χ0n) is 16.3. The third-order valence-electron chi connectivity index (χ3n) is 4.62. The van der Waals surface area contributed by atoms with Gasteiger partial charge in [-0.2, -0.15) is 0 Å². The molecule has 0 radical (unpaired) electrons. The lowest BCUT2D eigenvalue weighted by Crippen LogP contribution is -2.15. The van der Waals surface area contributed by atoms with Crippen LogP contribution in [0.2, 0.25) is 0 Å². The van der Waals surface area contributed by atoms with E-state index in [4.69, 9.17) is 0 Å². The Bertz CT molecular complexity index is 1130. The van der Waals surface area contributed by atoms with E-state index >= 15 is 0 Å². The number of nitrogens with zero attached hydrogens (tertiary/aromatic N) is 4. The van der Waals surface area contributed by atoms with Gasteiger partial charge in [0.15, 0.2) is 16.8 Å². The van der Waals surface area contributed by atoms with Crippen molar-refractivity contribution in [3.05, 3.63) is 96.1 Å². The van der Waals surface area contributed by atoms with Crippen molar-refractivity contribution < 1.29 is 9.18 Å². The van der Waals surface area contributed by atoms with Crippen molar-refractivity contribution in [2.75, 3.05) is 0 Å². The molecule has 0 bridgehead atoms. The van der Waals surface area contributed by atoms with Crippen LogP contribution in [-0.4, -0.2) is 30.8 Å². The van der Waals surface area contributed by atoms with Gasteiger partial charge in [0, 0.05) is 23.5 Å². The normalized spacial score (nSPS) is 11.9. The topological polar surface area (TPSA) is 60.7 Å². The summed E-state index contributed by atoms with van der Waals surface area (Å²) in [5.41, 5.74) is 2.48. The van der Waals surface area contributed by atoms with Gasteiger partial charge < -0.3 is 0 Å². The number of halogens is 1. The van der Waals surface area contributed by atoms with Gasteiger partial charge in [-0.15, -0.1) is 10.2 Å². The molecule has 2 aromatic heterocycles. The second-order valence-electron chi connectivity index (χ2n) is 6.75. The molecule has 0 spiro atoms. The highest BCUT2D eigenvalue weighted by Crippen LogP contribution is 2.29. The van der Waals surface area contributed by atoms with Gasteiger partial charge in [0.2, 0.25) is 0 Å². The van der Waals surface area contributed by atoms with Gasteiger partial charge >= 0.3 is 0 Å². The summed E-state index contributed by atoms with van der Waals surface area (Å²) < 4.78 is 15.2. The van der Waals surface area contributed by atoms with Crippen LogP contribution in [0.3, 0.4) is 0 Å². The van der Waals surface area contributed by atoms with Crippen LogP contribution in [0.15, 0.2) is 84.3 Å². The van der Waals surface area contributed by atoms with Crippen LogP contribution < -0.4 is 0 Å². The van der Waals surface area contributed by atoms with Crippen molar-refractivity contribution in [2.24, 2.45) is 0 Å². The number of pyridine rings is 1. The fourth-order valence-electron chi connectivity index (χ4n) is 3.06. The molecule has 0 amide bonds. The minimum Gasteiger partial charge on any atom is -0.298 e. The van der Waals surface area contributed by atoms with Gasteiger partial charge in [0.05, 0.1) is 11.8 Å². The minimum absolute atomic E-state index is 0.0836. The Morgan fingerprint density at radius 3 is 2.40 bits per heavy atom. The molecule has 2 aromatic carbocycles. The average molecular weight is 418 g/mol. The molecule has 2 heterocycles. The number of ketones is 1. The molecule has 0 aliphatic carbocycles. The number of carbonyl (C=O) groups is 1. The highest BCUT2D eigenvalue weighted by molar-refractivity contribution is 8.00.